The smallest absolute Gasteiger partial charge is 0.220 e. The number of hydrogen-bond donors (Lipinski definition) is 1. The normalized spacial score (nSPS) is 11.0. The number of hydrogen-bond acceptors (Lipinski definition) is 4. The van der Waals surface area contributed by atoms with Gasteiger partial charge in [0.15, 0.2) is 11.5 Å². The van der Waals surface area contributed by atoms with Gasteiger partial charge < -0.3 is 19.7 Å². The summed E-state index contributed by atoms with van der Waals surface area (Å²) in [6.07, 6.45) is 0.993. The van der Waals surface area contributed by atoms with Crippen LogP contribution < -0.4 is 14.8 Å². The number of ether oxygens (including phenoxy) is 2. The average molecular weight is 350 g/mol. The molecule has 2 amide bonds. The van der Waals surface area contributed by atoms with Gasteiger partial charge in [-0.1, -0.05) is 6.07 Å². The van der Waals surface area contributed by atoms with Gasteiger partial charge in [0, 0.05) is 32.0 Å². The zero-order valence-corrected chi connectivity index (χ0v) is 16.1. The van der Waals surface area contributed by atoms with E-state index in [0.29, 0.717) is 37.4 Å². The van der Waals surface area contributed by atoms with Gasteiger partial charge >= 0.3 is 0 Å². The Hall–Kier alpha value is -2.24. The number of nitrogens with zero attached hydrogens (tertiary/aromatic N) is 1. The van der Waals surface area contributed by atoms with Crippen molar-refractivity contribution in [1.29, 1.82) is 0 Å². The van der Waals surface area contributed by atoms with Crippen molar-refractivity contribution in [2.24, 2.45) is 0 Å². The first-order valence-corrected chi connectivity index (χ1v) is 8.45. The van der Waals surface area contributed by atoms with Crippen molar-refractivity contribution < 1.29 is 19.1 Å². The highest BCUT2D eigenvalue weighted by atomic mass is 16.5. The molecule has 0 atom stereocenters. The molecule has 0 radical (unpaired) electrons. The molecule has 0 aliphatic rings. The number of methoxy groups -OCH3 is 2. The molecule has 1 aromatic rings. The molecule has 0 spiro atoms. The van der Waals surface area contributed by atoms with Crippen LogP contribution in [0.3, 0.4) is 0 Å². The standard InChI is InChI=1S/C19H30N2O4/c1-14(22)21(19(2,3)4)12-11-20-18(23)10-8-15-7-9-16(24-5)17(13-15)25-6/h7,9,13H,8,10-12H2,1-6H3,(H,20,23). The molecule has 6 nitrogen and oxygen atoms in total. The number of rotatable bonds is 8. The van der Waals surface area contributed by atoms with Crippen LogP contribution in [0.15, 0.2) is 18.2 Å². The van der Waals surface area contributed by atoms with E-state index in [1.807, 2.05) is 39.0 Å². The van der Waals surface area contributed by atoms with Gasteiger partial charge in [-0.15, -0.1) is 0 Å². The van der Waals surface area contributed by atoms with Gasteiger partial charge in [-0.05, 0) is 44.9 Å². The maximum Gasteiger partial charge on any atom is 0.220 e. The lowest BCUT2D eigenvalue weighted by molar-refractivity contribution is -0.134. The number of carbonyl (C=O) groups excluding carboxylic acids is 2. The summed E-state index contributed by atoms with van der Waals surface area (Å²) in [5.74, 6) is 1.30. The molecule has 1 N–H and O–H groups in total. The van der Waals surface area contributed by atoms with Crippen molar-refractivity contribution in [3.8, 4) is 11.5 Å². The van der Waals surface area contributed by atoms with Gasteiger partial charge in [0.1, 0.15) is 0 Å². The SMILES string of the molecule is COc1ccc(CCC(=O)NCCN(C(C)=O)C(C)(C)C)cc1OC. The predicted octanol–water partition coefficient (Wildman–Crippen LogP) is 2.40. The second kappa shape index (κ2) is 9.30. The van der Waals surface area contributed by atoms with Crippen LogP contribution in [-0.2, 0) is 16.0 Å². The van der Waals surface area contributed by atoms with Gasteiger partial charge in [-0.25, -0.2) is 0 Å². The second-order valence-corrected chi connectivity index (χ2v) is 6.88. The Morgan fingerprint density at radius 1 is 1.12 bits per heavy atom. The Balaban J connectivity index is 2.46. The van der Waals surface area contributed by atoms with Crippen LogP contribution in [0.5, 0.6) is 11.5 Å². The van der Waals surface area contributed by atoms with Crippen molar-refractivity contribution in [2.75, 3.05) is 27.3 Å². The van der Waals surface area contributed by atoms with Crippen LogP contribution in [0.2, 0.25) is 0 Å². The first-order chi connectivity index (χ1) is 11.7. The average Bonchev–Trinajstić information content (AvgIpc) is 2.54. The van der Waals surface area contributed by atoms with E-state index in [-0.39, 0.29) is 17.4 Å². The summed E-state index contributed by atoms with van der Waals surface area (Å²) in [7, 11) is 3.18. The van der Waals surface area contributed by atoms with Gasteiger partial charge in [0.2, 0.25) is 11.8 Å². The van der Waals surface area contributed by atoms with Crippen LogP contribution in [0.4, 0.5) is 0 Å². The fourth-order valence-corrected chi connectivity index (χ4v) is 2.65. The first-order valence-electron chi connectivity index (χ1n) is 8.45. The molecular weight excluding hydrogens is 320 g/mol. The fraction of sp³-hybridized carbons (Fsp3) is 0.579. The second-order valence-electron chi connectivity index (χ2n) is 6.88. The maximum absolute atomic E-state index is 12.0. The van der Waals surface area contributed by atoms with Crippen molar-refractivity contribution in [3.05, 3.63) is 23.8 Å². The van der Waals surface area contributed by atoms with E-state index in [2.05, 4.69) is 5.32 Å². The Morgan fingerprint density at radius 2 is 1.76 bits per heavy atom. The van der Waals surface area contributed by atoms with Crippen molar-refractivity contribution in [2.45, 2.75) is 46.1 Å². The molecule has 0 heterocycles. The molecule has 0 unspecified atom stereocenters. The minimum absolute atomic E-state index is 0.00655. The summed E-state index contributed by atoms with van der Waals surface area (Å²) in [5.41, 5.74) is 0.754. The van der Waals surface area contributed by atoms with E-state index in [1.165, 1.54) is 0 Å². The third-order valence-electron chi connectivity index (χ3n) is 3.94. The fourth-order valence-electron chi connectivity index (χ4n) is 2.65. The van der Waals surface area contributed by atoms with Gasteiger partial charge in [0.05, 0.1) is 14.2 Å². The highest BCUT2D eigenvalue weighted by molar-refractivity contribution is 5.76. The van der Waals surface area contributed by atoms with Crippen LogP contribution in [0.1, 0.15) is 39.7 Å². The minimum Gasteiger partial charge on any atom is -0.493 e. The third kappa shape index (κ3) is 6.64. The van der Waals surface area contributed by atoms with Crippen molar-refractivity contribution >= 4 is 11.8 Å². The quantitative estimate of drug-likeness (QED) is 0.782. The number of carbonyl (C=O) groups is 2. The topological polar surface area (TPSA) is 67.9 Å². The predicted molar refractivity (Wildman–Crippen MR) is 98.0 cm³/mol. The largest absolute Gasteiger partial charge is 0.493 e. The third-order valence-corrected chi connectivity index (χ3v) is 3.94. The summed E-state index contributed by atoms with van der Waals surface area (Å²) in [4.78, 5) is 25.5. The summed E-state index contributed by atoms with van der Waals surface area (Å²) in [6, 6.07) is 5.63. The zero-order chi connectivity index (χ0) is 19.0. The Kier molecular flexibility index (Phi) is 7.74. The molecule has 0 fully saturated rings. The van der Waals surface area contributed by atoms with E-state index in [4.69, 9.17) is 9.47 Å². The summed E-state index contributed by atoms with van der Waals surface area (Å²) >= 11 is 0. The number of benzene rings is 1. The Bertz CT molecular complexity index is 594. The van der Waals surface area contributed by atoms with Gasteiger partial charge in [0.25, 0.3) is 0 Å². The van der Waals surface area contributed by atoms with Crippen LogP contribution in [0.25, 0.3) is 0 Å². The molecule has 1 aromatic carbocycles. The molecule has 6 heteroatoms. The monoisotopic (exact) mass is 350 g/mol. The molecular formula is C19H30N2O4. The lowest BCUT2D eigenvalue weighted by Gasteiger charge is -2.35. The molecule has 25 heavy (non-hydrogen) atoms. The summed E-state index contributed by atoms with van der Waals surface area (Å²) in [6.45, 7) is 8.43. The Morgan fingerprint density at radius 3 is 2.28 bits per heavy atom. The highest BCUT2D eigenvalue weighted by Gasteiger charge is 2.23. The summed E-state index contributed by atoms with van der Waals surface area (Å²) < 4.78 is 10.5. The van der Waals surface area contributed by atoms with Crippen LogP contribution >= 0.6 is 0 Å². The Labute approximate surface area is 150 Å². The van der Waals surface area contributed by atoms with E-state index in [0.717, 1.165) is 5.56 Å². The summed E-state index contributed by atoms with van der Waals surface area (Å²) in [5, 5.41) is 2.87. The molecule has 0 aliphatic carbocycles. The van der Waals surface area contributed by atoms with E-state index < -0.39 is 0 Å². The van der Waals surface area contributed by atoms with E-state index >= 15 is 0 Å². The van der Waals surface area contributed by atoms with Crippen LogP contribution in [-0.4, -0.2) is 49.6 Å². The molecule has 140 valence electrons. The number of amides is 2. The molecule has 0 aliphatic heterocycles. The highest BCUT2D eigenvalue weighted by Crippen LogP contribution is 2.27. The molecule has 0 saturated carbocycles. The minimum atomic E-state index is -0.254. The van der Waals surface area contributed by atoms with E-state index in [9.17, 15) is 9.59 Å². The number of aryl methyl sites for hydroxylation is 1. The zero-order valence-electron chi connectivity index (χ0n) is 16.1. The first kappa shape index (κ1) is 20.8. The molecule has 1 rings (SSSR count). The maximum atomic E-state index is 12.0. The molecule has 0 saturated heterocycles. The van der Waals surface area contributed by atoms with E-state index in [1.54, 1.807) is 26.0 Å². The lowest BCUT2D eigenvalue weighted by Crippen LogP contribution is -2.48. The van der Waals surface area contributed by atoms with Gasteiger partial charge in [-0.3, -0.25) is 9.59 Å². The molecule has 0 aromatic heterocycles. The van der Waals surface area contributed by atoms with Crippen molar-refractivity contribution in [1.82, 2.24) is 10.2 Å². The number of nitrogens with one attached hydrogen (secondary N) is 1. The molecule has 0 bridgehead atoms. The van der Waals surface area contributed by atoms with Gasteiger partial charge in [-0.2, -0.15) is 0 Å². The van der Waals surface area contributed by atoms with Crippen LogP contribution in [0, 0.1) is 0 Å². The van der Waals surface area contributed by atoms with Crippen molar-refractivity contribution in [3.63, 3.8) is 0 Å². The lowest BCUT2D eigenvalue weighted by atomic mass is 10.1.